The number of para-hydroxylation sites is 1. The Morgan fingerprint density at radius 3 is 2.11 bits per heavy atom. The average molecular weight is 529 g/mol. The summed E-state index contributed by atoms with van der Waals surface area (Å²) in [5, 5.41) is 0. The van der Waals surface area contributed by atoms with E-state index in [0.717, 1.165) is 18.5 Å². The van der Waals surface area contributed by atoms with Crippen LogP contribution in [0.5, 0.6) is 0 Å². The first-order valence-electron chi connectivity index (χ1n) is 10.9. The molecule has 4 nitrogen and oxygen atoms in total. The van der Waals surface area contributed by atoms with Gasteiger partial charge in [-0.2, -0.15) is 26.3 Å². The predicted octanol–water partition coefficient (Wildman–Crippen LogP) is 6.30. The lowest BCUT2D eigenvalue weighted by Crippen LogP contribution is -2.33. The summed E-state index contributed by atoms with van der Waals surface area (Å²) in [6, 6.07) is 14.4. The fraction of sp³-hybridized carbons (Fsp3) is 0.280. The topological polar surface area (TPSA) is 49.4 Å². The van der Waals surface area contributed by atoms with Crippen molar-refractivity contribution < 1.29 is 34.8 Å². The molecule has 0 aliphatic carbocycles. The summed E-state index contributed by atoms with van der Waals surface area (Å²) in [6.07, 6.45) is -9.10. The molecule has 0 radical (unpaired) electrons. The van der Waals surface area contributed by atoms with Crippen LogP contribution in [0.3, 0.4) is 0 Å². The third-order valence-electron chi connectivity index (χ3n) is 6.23. The van der Waals surface area contributed by atoms with Gasteiger partial charge >= 0.3 is 12.4 Å². The van der Waals surface area contributed by atoms with Crippen LogP contribution >= 0.6 is 0 Å². The molecule has 0 saturated heterocycles. The number of hydrogen-bond donors (Lipinski definition) is 1. The first kappa shape index (κ1) is 26.0. The first-order chi connectivity index (χ1) is 16.8. The minimum atomic E-state index is -5.16. The van der Waals surface area contributed by atoms with E-state index in [9.17, 15) is 34.8 Å². The van der Waals surface area contributed by atoms with E-state index in [2.05, 4.69) is 9.62 Å². The number of nitrogens with one attached hydrogen (secondary N) is 1. The maximum absolute atomic E-state index is 13.2. The molecule has 1 heterocycles. The molecule has 3 aromatic rings. The van der Waals surface area contributed by atoms with Crippen LogP contribution in [0.25, 0.3) is 0 Å². The first-order valence-corrected chi connectivity index (χ1v) is 12.4. The van der Waals surface area contributed by atoms with E-state index < -0.39 is 38.4 Å². The van der Waals surface area contributed by atoms with Gasteiger partial charge in [-0.3, -0.25) is 9.62 Å². The van der Waals surface area contributed by atoms with E-state index in [1.54, 1.807) is 12.1 Å². The van der Waals surface area contributed by atoms with Gasteiger partial charge in [0.2, 0.25) is 0 Å². The van der Waals surface area contributed by atoms with E-state index in [4.69, 9.17) is 0 Å². The fourth-order valence-corrected chi connectivity index (χ4v) is 5.50. The molecule has 1 aliphatic heterocycles. The SMILES string of the molecule is CN1CCc2ccccc2C1Cc1ccccc1NS(=O)(=O)c1cc(C(F)(F)F)cc(C(F)(F)F)c1. The van der Waals surface area contributed by atoms with Crippen LogP contribution in [-0.2, 0) is 35.2 Å². The standard InChI is InChI=1S/C25H22F6N2O2S/c1-33-11-10-16-6-2-4-8-21(16)23(33)12-17-7-3-5-9-22(17)32-36(34,35)20-14-18(24(26,27)28)13-19(15-20)25(29,30)31/h2-9,13-15,23,32H,10-12H2,1H3. The molecule has 3 aromatic carbocycles. The van der Waals surface area contributed by atoms with Gasteiger partial charge in [0.15, 0.2) is 0 Å². The Balaban J connectivity index is 1.70. The van der Waals surface area contributed by atoms with Crippen molar-refractivity contribution in [2.75, 3.05) is 18.3 Å². The maximum atomic E-state index is 13.2. The van der Waals surface area contributed by atoms with Crippen molar-refractivity contribution in [2.45, 2.75) is 36.1 Å². The third-order valence-corrected chi connectivity index (χ3v) is 7.57. The van der Waals surface area contributed by atoms with Gasteiger partial charge in [-0.25, -0.2) is 8.42 Å². The molecule has 0 amide bonds. The van der Waals surface area contributed by atoms with Crippen molar-refractivity contribution in [3.05, 3.63) is 94.5 Å². The number of sulfonamides is 1. The highest BCUT2D eigenvalue weighted by Crippen LogP contribution is 2.38. The molecule has 0 fully saturated rings. The predicted molar refractivity (Wildman–Crippen MR) is 123 cm³/mol. The zero-order chi connectivity index (χ0) is 26.3. The fourth-order valence-electron chi connectivity index (χ4n) is 4.33. The number of halogens is 6. The monoisotopic (exact) mass is 528 g/mol. The van der Waals surface area contributed by atoms with Crippen LogP contribution in [0.2, 0.25) is 0 Å². The van der Waals surface area contributed by atoms with Gasteiger partial charge in [0.25, 0.3) is 10.0 Å². The highest BCUT2D eigenvalue weighted by Gasteiger charge is 2.38. The number of anilines is 1. The average Bonchev–Trinajstić information content (AvgIpc) is 2.80. The molecule has 4 rings (SSSR count). The quantitative estimate of drug-likeness (QED) is 0.396. The minimum absolute atomic E-state index is 0.0833. The minimum Gasteiger partial charge on any atom is -0.299 e. The molecule has 0 aromatic heterocycles. The molecular weight excluding hydrogens is 506 g/mol. The van der Waals surface area contributed by atoms with Crippen molar-refractivity contribution >= 4 is 15.7 Å². The molecule has 1 unspecified atom stereocenters. The third kappa shape index (κ3) is 5.52. The van der Waals surface area contributed by atoms with E-state index in [1.165, 1.54) is 17.7 Å². The summed E-state index contributed by atoms with van der Waals surface area (Å²) < 4.78 is 108. The van der Waals surface area contributed by atoms with Crippen LogP contribution < -0.4 is 4.72 Å². The molecule has 1 atom stereocenters. The van der Waals surface area contributed by atoms with Crippen molar-refractivity contribution in [1.82, 2.24) is 4.90 Å². The van der Waals surface area contributed by atoms with Crippen LogP contribution in [0.1, 0.15) is 33.9 Å². The summed E-state index contributed by atoms with van der Waals surface area (Å²) >= 11 is 0. The Labute approximate surface area is 204 Å². The second-order valence-electron chi connectivity index (χ2n) is 8.65. The number of rotatable bonds is 5. The van der Waals surface area contributed by atoms with Gasteiger partial charge in [0, 0.05) is 12.6 Å². The lowest BCUT2D eigenvalue weighted by Gasteiger charge is -2.35. The van der Waals surface area contributed by atoms with E-state index >= 15 is 0 Å². The Bertz CT molecular complexity index is 1340. The summed E-state index contributed by atoms with van der Waals surface area (Å²) in [6.45, 7) is 0.778. The van der Waals surface area contributed by atoms with E-state index in [0.29, 0.717) is 12.0 Å². The Morgan fingerprint density at radius 1 is 0.889 bits per heavy atom. The van der Waals surface area contributed by atoms with Crippen LogP contribution in [-0.4, -0.2) is 26.9 Å². The molecule has 1 aliphatic rings. The molecule has 192 valence electrons. The Morgan fingerprint density at radius 2 is 1.47 bits per heavy atom. The molecular formula is C25H22F6N2O2S. The molecule has 0 saturated carbocycles. The zero-order valence-electron chi connectivity index (χ0n) is 19.0. The van der Waals surface area contributed by atoms with Crippen LogP contribution in [0, 0.1) is 0 Å². The van der Waals surface area contributed by atoms with Gasteiger partial charge in [0.05, 0.1) is 21.7 Å². The molecule has 36 heavy (non-hydrogen) atoms. The summed E-state index contributed by atoms with van der Waals surface area (Å²) in [5.74, 6) is 0. The highest BCUT2D eigenvalue weighted by molar-refractivity contribution is 7.92. The zero-order valence-corrected chi connectivity index (χ0v) is 19.8. The van der Waals surface area contributed by atoms with Gasteiger partial charge < -0.3 is 0 Å². The van der Waals surface area contributed by atoms with Gasteiger partial charge in [-0.1, -0.05) is 42.5 Å². The van der Waals surface area contributed by atoms with Crippen LogP contribution in [0.15, 0.2) is 71.6 Å². The van der Waals surface area contributed by atoms with Crippen molar-refractivity contribution in [3.8, 4) is 0 Å². The largest absolute Gasteiger partial charge is 0.416 e. The number of benzene rings is 3. The number of alkyl halides is 6. The van der Waals surface area contributed by atoms with Crippen molar-refractivity contribution in [1.29, 1.82) is 0 Å². The number of hydrogen-bond acceptors (Lipinski definition) is 3. The molecule has 0 bridgehead atoms. The second kappa shape index (κ2) is 9.44. The highest BCUT2D eigenvalue weighted by atomic mass is 32.2. The summed E-state index contributed by atoms with van der Waals surface area (Å²) in [7, 11) is -2.84. The van der Waals surface area contributed by atoms with E-state index in [1.807, 2.05) is 31.3 Å². The van der Waals surface area contributed by atoms with Gasteiger partial charge in [-0.15, -0.1) is 0 Å². The van der Waals surface area contributed by atoms with Crippen molar-refractivity contribution in [2.24, 2.45) is 0 Å². The van der Waals surface area contributed by atoms with Crippen molar-refractivity contribution in [3.63, 3.8) is 0 Å². The Kier molecular flexibility index (Phi) is 6.82. The normalized spacial score (nSPS) is 17.0. The van der Waals surface area contributed by atoms with E-state index in [-0.39, 0.29) is 29.9 Å². The number of nitrogens with zero attached hydrogens (tertiary/aromatic N) is 1. The molecule has 1 N–H and O–H groups in total. The Hall–Kier alpha value is -3.05. The lowest BCUT2D eigenvalue weighted by atomic mass is 9.89. The maximum Gasteiger partial charge on any atom is 0.416 e. The molecule has 11 heteroatoms. The lowest BCUT2D eigenvalue weighted by molar-refractivity contribution is -0.143. The van der Waals surface area contributed by atoms with Crippen LogP contribution in [0.4, 0.5) is 32.0 Å². The smallest absolute Gasteiger partial charge is 0.299 e. The number of fused-ring (bicyclic) bond motifs is 1. The summed E-state index contributed by atoms with van der Waals surface area (Å²) in [4.78, 5) is 0.996. The summed E-state index contributed by atoms with van der Waals surface area (Å²) in [5.41, 5.74) is -0.519. The second-order valence-corrected chi connectivity index (χ2v) is 10.3. The van der Waals surface area contributed by atoms with Gasteiger partial charge in [-0.05, 0) is 60.8 Å². The number of likely N-dealkylation sites (N-methyl/N-ethyl adjacent to an activating group) is 1. The molecule has 0 spiro atoms. The van der Waals surface area contributed by atoms with Gasteiger partial charge in [0.1, 0.15) is 0 Å².